The van der Waals surface area contributed by atoms with Crippen LogP contribution in [0, 0.1) is 0 Å². The second kappa shape index (κ2) is 8.06. The molecule has 1 aliphatic carbocycles. The van der Waals surface area contributed by atoms with Crippen LogP contribution in [0.3, 0.4) is 0 Å². The van der Waals surface area contributed by atoms with E-state index in [1.807, 2.05) is 17.5 Å². The van der Waals surface area contributed by atoms with Crippen LogP contribution in [0.1, 0.15) is 31.8 Å². The molecular formula is C22H15N5O3S2. The number of hydrogen-bond donors (Lipinski definition) is 2. The van der Waals surface area contributed by atoms with Crippen molar-refractivity contribution in [1.29, 1.82) is 0 Å². The highest BCUT2D eigenvalue weighted by Crippen LogP contribution is 2.32. The summed E-state index contributed by atoms with van der Waals surface area (Å²) in [6.45, 7) is 0. The first-order valence-corrected chi connectivity index (χ1v) is 11.4. The Kier molecular flexibility index (Phi) is 5.08. The van der Waals surface area contributed by atoms with Gasteiger partial charge in [-0.1, -0.05) is 54.2 Å². The number of benzene rings is 2. The normalized spacial score (nSPS) is 12.4. The molecule has 8 nitrogen and oxygen atoms in total. The lowest BCUT2D eigenvalue weighted by atomic mass is 9.83. The van der Waals surface area contributed by atoms with Crippen LogP contribution in [0.15, 0.2) is 65.1 Å². The molecule has 158 valence electrons. The van der Waals surface area contributed by atoms with Gasteiger partial charge in [-0.3, -0.25) is 14.4 Å². The fourth-order valence-electron chi connectivity index (χ4n) is 3.51. The summed E-state index contributed by atoms with van der Waals surface area (Å²) in [7, 11) is 0. The molecule has 2 heterocycles. The molecule has 0 radical (unpaired) electrons. The molecule has 0 atom stereocenters. The van der Waals surface area contributed by atoms with Gasteiger partial charge in [0.25, 0.3) is 0 Å². The number of thiophene rings is 1. The summed E-state index contributed by atoms with van der Waals surface area (Å²) in [4.78, 5) is 39.4. The summed E-state index contributed by atoms with van der Waals surface area (Å²) in [6.07, 6.45) is 0. The highest BCUT2D eigenvalue weighted by Gasteiger charge is 2.31. The third kappa shape index (κ3) is 3.39. The molecular weight excluding hydrogens is 446 g/mol. The zero-order valence-corrected chi connectivity index (χ0v) is 18.1. The van der Waals surface area contributed by atoms with E-state index in [0.717, 1.165) is 16.6 Å². The lowest BCUT2D eigenvalue weighted by Gasteiger charge is -2.20. The van der Waals surface area contributed by atoms with Gasteiger partial charge in [0.1, 0.15) is 0 Å². The van der Waals surface area contributed by atoms with Crippen molar-refractivity contribution < 1.29 is 14.4 Å². The van der Waals surface area contributed by atoms with E-state index < -0.39 is 0 Å². The number of ketones is 2. The number of nitrogens with one attached hydrogen (secondary N) is 1. The summed E-state index contributed by atoms with van der Waals surface area (Å²) in [5.41, 5.74) is 1.48. The van der Waals surface area contributed by atoms with Crippen molar-refractivity contribution in [3.8, 4) is 10.7 Å². The van der Waals surface area contributed by atoms with E-state index in [1.54, 1.807) is 42.5 Å². The van der Waals surface area contributed by atoms with Gasteiger partial charge in [0, 0.05) is 16.7 Å². The Morgan fingerprint density at radius 3 is 2.47 bits per heavy atom. The minimum absolute atomic E-state index is 0.00215. The largest absolute Gasteiger partial charge is 0.335 e. The minimum Gasteiger partial charge on any atom is -0.335 e. The molecule has 0 saturated heterocycles. The molecule has 0 fully saturated rings. The molecule has 0 unspecified atom stereocenters. The molecule has 2 aromatic heterocycles. The quantitative estimate of drug-likeness (QED) is 0.305. The summed E-state index contributed by atoms with van der Waals surface area (Å²) in [6, 6.07) is 15.3. The Morgan fingerprint density at radius 1 is 0.969 bits per heavy atom. The number of thioether (sulfide) groups is 1. The molecule has 0 aliphatic heterocycles. The number of rotatable bonds is 5. The van der Waals surface area contributed by atoms with Crippen molar-refractivity contribution >= 4 is 46.3 Å². The van der Waals surface area contributed by atoms with E-state index in [0.29, 0.717) is 27.8 Å². The molecule has 5 rings (SSSR count). The molecule has 32 heavy (non-hydrogen) atoms. The maximum Gasteiger partial charge on any atom is 0.234 e. The maximum atomic E-state index is 13.0. The number of amides is 1. The zero-order valence-electron chi connectivity index (χ0n) is 16.4. The Morgan fingerprint density at radius 2 is 1.72 bits per heavy atom. The molecule has 10 heteroatoms. The van der Waals surface area contributed by atoms with Gasteiger partial charge in [-0.2, -0.15) is 0 Å². The van der Waals surface area contributed by atoms with Crippen LogP contribution in [-0.2, 0) is 4.79 Å². The minimum atomic E-state index is -0.358. The van der Waals surface area contributed by atoms with Gasteiger partial charge in [-0.15, -0.1) is 21.5 Å². The number of nitrogen functional groups attached to an aromatic ring is 1. The number of aromatic nitrogens is 3. The standard InChI is InChI=1S/C22H15N5O3S2/c23-27-21(16-9-4-10-31-16)25-26-22(27)32-11-17(28)24-15-8-3-7-14-18(15)20(30)13-6-2-1-5-12(13)19(14)29/h1-10H,11,23H2,(H,24,28). The third-order valence-electron chi connectivity index (χ3n) is 4.97. The van der Waals surface area contributed by atoms with Crippen molar-refractivity contribution in [3.63, 3.8) is 0 Å². The number of carbonyl (C=O) groups excluding carboxylic acids is 3. The predicted octanol–water partition coefficient (Wildman–Crippen LogP) is 3.23. The van der Waals surface area contributed by atoms with Crippen LogP contribution in [0.25, 0.3) is 10.7 Å². The Bertz CT molecular complexity index is 1380. The number of fused-ring (bicyclic) bond motifs is 2. The van der Waals surface area contributed by atoms with Crippen molar-refractivity contribution in [2.45, 2.75) is 5.16 Å². The van der Waals surface area contributed by atoms with Crippen LogP contribution in [0.2, 0.25) is 0 Å². The van der Waals surface area contributed by atoms with Crippen molar-refractivity contribution in [1.82, 2.24) is 14.9 Å². The van der Waals surface area contributed by atoms with Gasteiger partial charge >= 0.3 is 0 Å². The lowest BCUT2D eigenvalue weighted by molar-refractivity contribution is -0.113. The number of carbonyl (C=O) groups is 3. The molecule has 0 spiro atoms. The van der Waals surface area contributed by atoms with Crippen molar-refractivity contribution in [2.75, 3.05) is 16.9 Å². The fraction of sp³-hybridized carbons (Fsp3) is 0.0455. The number of anilines is 1. The predicted molar refractivity (Wildman–Crippen MR) is 123 cm³/mol. The average Bonchev–Trinajstić information content (AvgIpc) is 3.46. The number of hydrogen-bond acceptors (Lipinski definition) is 8. The molecule has 0 saturated carbocycles. The van der Waals surface area contributed by atoms with Crippen molar-refractivity contribution in [3.05, 3.63) is 82.2 Å². The molecule has 1 amide bonds. The van der Waals surface area contributed by atoms with Gasteiger partial charge in [0.15, 0.2) is 17.4 Å². The third-order valence-corrected chi connectivity index (χ3v) is 6.77. The molecule has 3 N–H and O–H groups in total. The second-order valence-corrected chi connectivity index (χ2v) is 8.81. The van der Waals surface area contributed by atoms with Crippen LogP contribution in [0.4, 0.5) is 5.69 Å². The molecule has 2 aromatic carbocycles. The van der Waals surface area contributed by atoms with Gasteiger partial charge in [0.05, 0.1) is 21.9 Å². The Labute approximate surface area is 190 Å². The van der Waals surface area contributed by atoms with Crippen LogP contribution in [-0.4, -0.2) is 38.1 Å². The maximum absolute atomic E-state index is 13.0. The van der Waals surface area contributed by atoms with E-state index >= 15 is 0 Å². The van der Waals surface area contributed by atoms with E-state index in [9.17, 15) is 14.4 Å². The molecule has 4 aromatic rings. The summed E-state index contributed by atoms with van der Waals surface area (Å²) < 4.78 is 1.34. The van der Waals surface area contributed by atoms with E-state index in [4.69, 9.17) is 5.84 Å². The number of nitrogens with zero attached hydrogens (tertiary/aromatic N) is 3. The summed E-state index contributed by atoms with van der Waals surface area (Å²) >= 11 is 2.61. The fourth-order valence-corrected chi connectivity index (χ4v) is 4.88. The van der Waals surface area contributed by atoms with E-state index in [1.165, 1.54) is 16.0 Å². The average molecular weight is 462 g/mol. The van der Waals surface area contributed by atoms with Gasteiger partial charge in [-0.25, -0.2) is 4.68 Å². The lowest BCUT2D eigenvalue weighted by Crippen LogP contribution is -2.24. The molecule has 0 bridgehead atoms. The topological polar surface area (TPSA) is 120 Å². The summed E-state index contributed by atoms with van der Waals surface area (Å²) in [5.74, 6) is 5.70. The van der Waals surface area contributed by atoms with Gasteiger partial charge < -0.3 is 11.2 Å². The van der Waals surface area contributed by atoms with Crippen LogP contribution < -0.4 is 11.2 Å². The second-order valence-electron chi connectivity index (χ2n) is 6.92. The SMILES string of the molecule is Nn1c(SCC(=O)Nc2cccc3c2C(=O)c2ccccc2C3=O)nnc1-c1cccs1. The highest BCUT2D eigenvalue weighted by atomic mass is 32.2. The van der Waals surface area contributed by atoms with E-state index in [-0.39, 0.29) is 34.4 Å². The monoisotopic (exact) mass is 461 g/mol. The zero-order chi connectivity index (χ0) is 22.2. The number of nitrogens with two attached hydrogens (primary N) is 1. The first-order valence-electron chi connectivity index (χ1n) is 9.53. The first kappa shape index (κ1) is 20.2. The van der Waals surface area contributed by atoms with Crippen LogP contribution >= 0.6 is 23.1 Å². The Balaban J connectivity index is 1.34. The van der Waals surface area contributed by atoms with E-state index in [2.05, 4.69) is 15.5 Å². The Hall–Kier alpha value is -3.76. The smallest absolute Gasteiger partial charge is 0.234 e. The first-order chi connectivity index (χ1) is 15.5. The summed E-state index contributed by atoms with van der Waals surface area (Å²) in [5, 5.41) is 13.2. The van der Waals surface area contributed by atoms with Crippen LogP contribution in [0.5, 0.6) is 0 Å². The van der Waals surface area contributed by atoms with Gasteiger partial charge in [0.2, 0.25) is 11.1 Å². The molecule has 1 aliphatic rings. The van der Waals surface area contributed by atoms with Gasteiger partial charge in [-0.05, 0) is 17.5 Å². The highest BCUT2D eigenvalue weighted by molar-refractivity contribution is 7.99. The van der Waals surface area contributed by atoms with Crippen molar-refractivity contribution in [2.24, 2.45) is 0 Å².